The summed E-state index contributed by atoms with van der Waals surface area (Å²) in [6.07, 6.45) is 1.96. The zero-order chi connectivity index (χ0) is 51.1. The van der Waals surface area contributed by atoms with Gasteiger partial charge in [-0.1, -0.05) is 203 Å². The summed E-state index contributed by atoms with van der Waals surface area (Å²) in [7, 11) is 0. The number of para-hydroxylation sites is 1. The van der Waals surface area contributed by atoms with Crippen LogP contribution in [-0.4, -0.2) is 19.6 Å². The van der Waals surface area contributed by atoms with Gasteiger partial charge in [0.15, 0.2) is 0 Å². The molecular formula is C66H77N3O. The summed E-state index contributed by atoms with van der Waals surface area (Å²) in [5.74, 6) is 0.961. The molecule has 8 aromatic rings. The van der Waals surface area contributed by atoms with Crippen LogP contribution >= 0.6 is 0 Å². The maximum Gasteiger partial charge on any atom is 0.149 e. The average Bonchev–Trinajstić information content (AvgIpc) is 3.66. The Morgan fingerprint density at radius 3 is 1.51 bits per heavy atom. The van der Waals surface area contributed by atoms with E-state index in [0.717, 1.165) is 66.9 Å². The first-order valence-corrected chi connectivity index (χ1v) is 25.3. The summed E-state index contributed by atoms with van der Waals surface area (Å²) in [6, 6.07) is 46.9. The zero-order valence-corrected chi connectivity index (χ0v) is 45.5. The number of fused-ring (bicyclic) bond motifs is 1. The summed E-state index contributed by atoms with van der Waals surface area (Å²) in [4.78, 5) is 10.8. The van der Waals surface area contributed by atoms with Crippen LogP contribution in [0, 0.1) is 0 Å². The van der Waals surface area contributed by atoms with Gasteiger partial charge in [-0.25, -0.2) is 4.98 Å². The Labute approximate surface area is 420 Å². The molecule has 4 heteroatoms. The van der Waals surface area contributed by atoms with E-state index in [2.05, 4.69) is 257 Å². The zero-order valence-electron chi connectivity index (χ0n) is 45.5. The Kier molecular flexibility index (Phi) is 12.6. The van der Waals surface area contributed by atoms with Crippen LogP contribution in [0.3, 0.4) is 0 Å². The largest absolute Gasteiger partial charge is 0.507 e. The third-order valence-corrected chi connectivity index (χ3v) is 14.1. The standard InChI is InChI=1S/C66H77N3O/c1-61(2,3)46-27-28-56(52(38-46)41-23-20-19-21-24-41)69-57-26-22-25-51(58(57)68-60(69)53-39-50(65(13,14)15)40-54(59(53)70)66(16,17)18)44-31-45(35-47(34-44)62(4,5)6)55-36-42(29-30-67-55)43-32-48(63(7,8)9)37-49(33-43)64(10,11)12/h19-40,70H,1-18H3. The first kappa shape index (κ1) is 50.1. The van der Waals surface area contributed by atoms with Crippen molar-refractivity contribution in [3.63, 3.8) is 0 Å². The van der Waals surface area contributed by atoms with Crippen molar-refractivity contribution < 1.29 is 5.11 Å². The van der Waals surface area contributed by atoms with Gasteiger partial charge in [0.25, 0.3) is 0 Å². The molecule has 0 aliphatic rings. The molecule has 1 N–H and O–H groups in total. The van der Waals surface area contributed by atoms with E-state index in [1.807, 2.05) is 6.20 Å². The van der Waals surface area contributed by atoms with Crippen LogP contribution < -0.4 is 0 Å². The Hall–Kier alpha value is -6.26. The Morgan fingerprint density at radius 1 is 0.386 bits per heavy atom. The molecule has 0 saturated heterocycles. The molecule has 0 saturated carbocycles. The molecule has 70 heavy (non-hydrogen) atoms. The topological polar surface area (TPSA) is 50.9 Å². The van der Waals surface area contributed by atoms with Gasteiger partial charge >= 0.3 is 0 Å². The van der Waals surface area contributed by atoms with Crippen molar-refractivity contribution >= 4 is 11.0 Å². The fraction of sp³-hybridized carbons (Fsp3) is 0.364. The molecule has 4 nitrogen and oxygen atoms in total. The minimum atomic E-state index is -0.328. The van der Waals surface area contributed by atoms with Gasteiger partial charge in [-0.3, -0.25) is 9.55 Å². The minimum Gasteiger partial charge on any atom is -0.507 e. The second-order valence-corrected chi connectivity index (χ2v) is 26.0. The molecule has 8 rings (SSSR count). The van der Waals surface area contributed by atoms with Crippen LogP contribution in [0.25, 0.3) is 72.7 Å². The van der Waals surface area contributed by atoms with E-state index in [9.17, 15) is 5.11 Å². The molecular weight excluding hydrogens is 851 g/mol. The van der Waals surface area contributed by atoms with Crippen molar-refractivity contribution in [1.82, 2.24) is 14.5 Å². The van der Waals surface area contributed by atoms with Crippen molar-refractivity contribution in [2.75, 3.05) is 0 Å². The van der Waals surface area contributed by atoms with Crippen LogP contribution in [0.15, 0.2) is 134 Å². The van der Waals surface area contributed by atoms with Gasteiger partial charge in [0, 0.05) is 28.5 Å². The number of imidazole rings is 1. The number of hydrogen-bond donors (Lipinski definition) is 1. The molecule has 0 aliphatic carbocycles. The van der Waals surface area contributed by atoms with E-state index in [1.165, 1.54) is 27.8 Å². The number of hydrogen-bond acceptors (Lipinski definition) is 3. The molecule has 0 unspecified atom stereocenters. The highest BCUT2D eigenvalue weighted by Gasteiger charge is 2.30. The highest BCUT2D eigenvalue weighted by Crippen LogP contribution is 2.47. The van der Waals surface area contributed by atoms with Gasteiger partial charge in [-0.05, 0) is 131 Å². The number of phenols is 1. The number of phenolic OH excluding ortho intramolecular Hbond substituents is 1. The van der Waals surface area contributed by atoms with Crippen LogP contribution in [0.5, 0.6) is 5.75 Å². The van der Waals surface area contributed by atoms with Crippen LogP contribution in [-0.2, 0) is 32.5 Å². The molecule has 0 aliphatic heterocycles. The van der Waals surface area contributed by atoms with Crippen molar-refractivity contribution in [2.45, 2.75) is 157 Å². The molecule has 0 bridgehead atoms. The molecule has 0 radical (unpaired) electrons. The molecule has 2 heterocycles. The number of aromatic nitrogens is 3. The van der Waals surface area contributed by atoms with Gasteiger partial charge < -0.3 is 5.11 Å². The van der Waals surface area contributed by atoms with Crippen LogP contribution in [0.1, 0.15) is 158 Å². The van der Waals surface area contributed by atoms with E-state index in [1.54, 1.807) is 0 Å². The van der Waals surface area contributed by atoms with Crippen LogP contribution in [0.4, 0.5) is 0 Å². The van der Waals surface area contributed by atoms with Crippen molar-refractivity contribution in [2.24, 2.45) is 0 Å². The maximum absolute atomic E-state index is 12.6. The predicted octanol–water partition coefficient (Wildman–Crippen LogP) is 18.2. The quantitative estimate of drug-likeness (QED) is 0.181. The number of benzene rings is 6. The van der Waals surface area contributed by atoms with Gasteiger partial charge in [0.05, 0.1) is 28.0 Å². The summed E-state index contributed by atoms with van der Waals surface area (Å²) < 4.78 is 2.30. The molecule has 0 fully saturated rings. The Bertz CT molecular complexity index is 3220. The molecule has 0 spiro atoms. The Morgan fingerprint density at radius 2 is 0.929 bits per heavy atom. The summed E-state index contributed by atoms with van der Waals surface area (Å²) >= 11 is 0. The van der Waals surface area contributed by atoms with Crippen molar-refractivity contribution in [3.8, 4) is 67.5 Å². The van der Waals surface area contributed by atoms with Crippen molar-refractivity contribution in [1.29, 1.82) is 0 Å². The highest BCUT2D eigenvalue weighted by molar-refractivity contribution is 5.98. The summed E-state index contributed by atoms with van der Waals surface area (Å²) in [6.45, 7) is 40.7. The van der Waals surface area contributed by atoms with Gasteiger partial charge in [0.1, 0.15) is 11.6 Å². The smallest absolute Gasteiger partial charge is 0.149 e. The van der Waals surface area contributed by atoms with E-state index in [0.29, 0.717) is 11.4 Å². The van der Waals surface area contributed by atoms with Crippen LogP contribution in [0.2, 0.25) is 0 Å². The number of nitrogens with zero attached hydrogens (tertiary/aromatic N) is 3. The second kappa shape index (κ2) is 17.5. The molecule has 2 aromatic heterocycles. The first-order valence-electron chi connectivity index (χ1n) is 25.3. The lowest BCUT2D eigenvalue weighted by atomic mass is 9.79. The fourth-order valence-electron chi connectivity index (χ4n) is 9.41. The second-order valence-electron chi connectivity index (χ2n) is 26.0. The maximum atomic E-state index is 12.6. The SMILES string of the molecule is CC(C)(C)c1cc(-c2cc(-c3cc(C(C)(C)C)cc(C(C)(C)C)c3)ccn2)cc(-c2cccc3c2nc(-c2cc(C(C)(C)C)cc(C(C)(C)C)c2O)n3-c2ccc(C(C)(C)C)cc2-c2ccccc2)c1. The van der Waals surface area contributed by atoms with E-state index < -0.39 is 0 Å². The lowest BCUT2D eigenvalue weighted by Gasteiger charge is -2.28. The monoisotopic (exact) mass is 928 g/mol. The summed E-state index contributed by atoms with van der Waals surface area (Å²) in [5, 5.41) is 12.6. The molecule has 362 valence electrons. The van der Waals surface area contributed by atoms with E-state index >= 15 is 0 Å². The van der Waals surface area contributed by atoms with Crippen molar-refractivity contribution in [3.05, 3.63) is 167 Å². The third-order valence-electron chi connectivity index (χ3n) is 14.1. The van der Waals surface area contributed by atoms with E-state index in [4.69, 9.17) is 9.97 Å². The average molecular weight is 928 g/mol. The lowest BCUT2D eigenvalue weighted by molar-refractivity contribution is 0.446. The van der Waals surface area contributed by atoms with E-state index in [-0.39, 0.29) is 38.2 Å². The fourth-order valence-corrected chi connectivity index (χ4v) is 9.41. The number of pyridine rings is 1. The van der Waals surface area contributed by atoms with Gasteiger partial charge in [-0.2, -0.15) is 0 Å². The number of rotatable bonds is 6. The normalized spacial score (nSPS) is 13.1. The Balaban J connectivity index is 1.43. The third kappa shape index (κ3) is 10.0. The van der Waals surface area contributed by atoms with Gasteiger partial charge in [0.2, 0.25) is 0 Å². The number of aromatic hydroxyl groups is 1. The predicted molar refractivity (Wildman–Crippen MR) is 300 cm³/mol. The molecule has 0 atom stereocenters. The molecule has 0 amide bonds. The summed E-state index contributed by atoms with van der Waals surface area (Å²) in [5.41, 5.74) is 18.6. The highest BCUT2D eigenvalue weighted by atomic mass is 16.3. The first-order chi connectivity index (χ1) is 32.4. The van der Waals surface area contributed by atoms with Gasteiger partial charge in [-0.15, -0.1) is 0 Å². The lowest BCUT2D eigenvalue weighted by Crippen LogP contribution is -2.17. The molecule has 6 aromatic carbocycles. The minimum absolute atomic E-state index is 0.00229.